The van der Waals surface area contributed by atoms with Crippen LogP contribution in [0.2, 0.25) is 0 Å². The molecule has 0 unspecified atom stereocenters. The summed E-state index contributed by atoms with van der Waals surface area (Å²) in [5.74, 6) is 2.26. The largest absolute Gasteiger partial charge is 0.496 e. The van der Waals surface area contributed by atoms with E-state index in [1.807, 2.05) is 24.3 Å². The van der Waals surface area contributed by atoms with E-state index in [9.17, 15) is 0 Å². The van der Waals surface area contributed by atoms with Crippen LogP contribution in [0.15, 0.2) is 29.3 Å². The number of halogens is 1. The Bertz CT molecular complexity index is 453. The first-order valence-electron chi connectivity index (χ1n) is 7.81. The molecule has 0 saturated carbocycles. The third-order valence-corrected chi connectivity index (χ3v) is 3.07. The van der Waals surface area contributed by atoms with Gasteiger partial charge in [-0.25, -0.2) is 0 Å². The van der Waals surface area contributed by atoms with Gasteiger partial charge in [0.05, 0.1) is 7.11 Å². The first kappa shape index (κ1) is 22.0. The van der Waals surface area contributed by atoms with Gasteiger partial charge in [-0.05, 0) is 18.4 Å². The molecule has 1 aromatic rings. The van der Waals surface area contributed by atoms with Gasteiger partial charge in [-0.15, -0.1) is 24.0 Å². The predicted octanol–water partition coefficient (Wildman–Crippen LogP) is 3.04. The first-order chi connectivity index (χ1) is 10.7. The highest BCUT2D eigenvalue weighted by atomic mass is 127. The van der Waals surface area contributed by atoms with Crippen molar-refractivity contribution in [1.82, 2.24) is 10.6 Å². The number of nitrogens with one attached hydrogen (secondary N) is 2. The normalized spacial score (nSPS) is 11.1. The molecule has 0 aliphatic carbocycles. The van der Waals surface area contributed by atoms with Crippen molar-refractivity contribution in [2.45, 2.75) is 26.8 Å². The lowest BCUT2D eigenvalue weighted by molar-refractivity contribution is 0.108. The summed E-state index contributed by atoms with van der Waals surface area (Å²) >= 11 is 0. The van der Waals surface area contributed by atoms with Crippen LogP contribution in [0.3, 0.4) is 0 Å². The van der Waals surface area contributed by atoms with Crippen LogP contribution in [0.25, 0.3) is 0 Å². The molecule has 0 atom stereocenters. The van der Waals surface area contributed by atoms with Crippen molar-refractivity contribution in [2.24, 2.45) is 10.9 Å². The summed E-state index contributed by atoms with van der Waals surface area (Å²) in [6, 6.07) is 7.96. The van der Waals surface area contributed by atoms with Gasteiger partial charge in [0.15, 0.2) is 5.96 Å². The Labute approximate surface area is 157 Å². The fourth-order valence-electron chi connectivity index (χ4n) is 1.95. The molecule has 0 bridgehead atoms. The highest BCUT2D eigenvalue weighted by Crippen LogP contribution is 2.16. The van der Waals surface area contributed by atoms with E-state index in [-0.39, 0.29) is 24.0 Å². The van der Waals surface area contributed by atoms with E-state index in [4.69, 9.17) is 9.47 Å². The number of ether oxygens (including phenoxy) is 2. The van der Waals surface area contributed by atoms with E-state index < -0.39 is 0 Å². The van der Waals surface area contributed by atoms with E-state index in [0.29, 0.717) is 12.5 Å². The van der Waals surface area contributed by atoms with Crippen molar-refractivity contribution in [3.05, 3.63) is 29.8 Å². The molecule has 0 radical (unpaired) electrons. The highest BCUT2D eigenvalue weighted by molar-refractivity contribution is 14.0. The van der Waals surface area contributed by atoms with Crippen LogP contribution >= 0.6 is 24.0 Å². The van der Waals surface area contributed by atoms with Crippen LogP contribution in [-0.4, -0.2) is 39.9 Å². The van der Waals surface area contributed by atoms with E-state index >= 15 is 0 Å². The molecular formula is C17H30IN3O2. The molecule has 132 valence electrons. The van der Waals surface area contributed by atoms with Gasteiger partial charge in [0.1, 0.15) is 5.75 Å². The number of guanidine groups is 1. The van der Waals surface area contributed by atoms with Crippen LogP contribution in [0.1, 0.15) is 25.8 Å². The van der Waals surface area contributed by atoms with E-state index in [1.165, 1.54) is 0 Å². The smallest absolute Gasteiger partial charge is 0.191 e. The lowest BCUT2D eigenvalue weighted by atomic mass is 10.2. The van der Waals surface area contributed by atoms with Gasteiger partial charge in [0.2, 0.25) is 0 Å². The summed E-state index contributed by atoms with van der Waals surface area (Å²) in [7, 11) is 3.45. The highest BCUT2D eigenvalue weighted by Gasteiger charge is 2.03. The zero-order valence-corrected chi connectivity index (χ0v) is 16.9. The van der Waals surface area contributed by atoms with Gasteiger partial charge < -0.3 is 20.1 Å². The average molecular weight is 435 g/mol. The molecule has 0 fully saturated rings. The van der Waals surface area contributed by atoms with Crippen LogP contribution in [0.5, 0.6) is 5.75 Å². The van der Waals surface area contributed by atoms with Crippen LogP contribution in [0, 0.1) is 5.92 Å². The minimum absolute atomic E-state index is 0. The van der Waals surface area contributed by atoms with Gasteiger partial charge in [0.25, 0.3) is 0 Å². The topological polar surface area (TPSA) is 54.9 Å². The quantitative estimate of drug-likeness (QED) is 0.271. The number of aliphatic imine (C=N–C) groups is 1. The summed E-state index contributed by atoms with van der Waals surface area (Å²) in [4.78, 5) is 4.22. The molecule has 0 aliphatic heterocycles. The number of hydrogen-bond donors (Lipinski definition) is 2. The second-order valence-corrected chi connectivity index (χ2v) is 5.49. The van der Waals surface area contributed by atoms with Gasteiger partial charge in [-0.1, -0.05) is 32.0 Å². The molecule has 0 aromatic heterocycles. The van der Waals surface area contributed by atoms with Crippen molar-refractivity contribution in [2.75, 3.05) is 33.9 Å². The molecule has 1 rings (SSSR count). The third kappa shape index (κ3) is 9.65. The van der Waals surface area contributed by atoms with Crippen molar-refractivity contribution in [1.29, 1.82) is 0 Å². The van der Waals surface area contributed by atoms with Crippen molar-refractivity contribution < 1.29 is 9.47 Å². The van der Waals surface area contributed by atoms with Crippen molar-refractivity contribution >= 4 is 29.9 Å². The van der Waals surface area contributed by atoms with Crippen LogP contribution < -0.4 is 15.4 Å². The molecule has 0 saturated heterocycles. The molecule has 0 spiro atoms. The lowest BCUT2D eigenvalue weighted by Gasteiger charge is -2.14. The Balaban J connectivity index is 0.00000484. The zero-order valence-electron chi connectivity index (χ0n) is 14.6. The van der Waals surface area contributed by atoms with Gasteiger partial charge in [-0.2, -0.15) is 0 Å². The molecule has 2 N–H and O–H groups in total. The first-order valence-corrected chi connectivity index (χ1v) is 7.81. The Hall–Kier alpha value is -1.02. The van der Waals surface area contributed by atoms with Gasteiger partial charge >= 0.3 is 0 Å². The summed E-state index contributed by atoms with van der Waals surface area (Å²) in [5, 5.41) is 6.57. The number of benzene rings is 1. The molecule has 23 heavy (non-hydrogen) atoms. The van der Waals surface area contributed by atoms with E-state index in [1.54, 1.807) is 14.2 Å². The molecule has 1 aromatic carbocycles. The third-order valence-electron chi connectivity index (χ3n) is 3.07. The Morgan fingerprint density at radius 2 is 1.96 bits per heavy atom. The minimum Gasteiger partial charge on any atom is -0.496 e. The summed E-state index contributed by atoms with van der Waals surface area (Å²) in [5.41, 5.74) is 1.10. The molecule has 0 heterocycles. The summed E-state index contributed by atoms with van der Waals surface area (Å²) in [6.07, 6.45) is 0.960. The SMILES string of the molecule is CN=C(NCCCOCC(C)C)NCc1ccccc1OC.I. The summed E-state index contributed by atoms with van der Waals surface area (Å²) < 4.78 is 10.9. The van der Waals surface area contributed by atoms with Crippen molar-refractivity contribution in [3.8, 4) is 5.75 Å². The van der Waals surface area contributed by atoms with Crippen molar-refractivity contribution in [3.63, 3.8) is 0 Å². The second kappa shape index (κ2) is 13.4. The molecule has 6 heteroatoms. The number of hydrogen-bond acceptors (Lipinski definition) is 3. The van der Waals surface area contributed by atoms with Gasteiger partial charge in [0, 0.05) is 38.9 Å². The maximum atomic E-state index is 5.55. The number of methoxy groups -OCH3 is 1. The summed E-state index contributed by atoms with van der Waals surface area (Å²) in [6.45, 7) is 7.41. The van der Waals surface area contributed by atoms with E-state index in [2.05, 4.69) is 29.5 Å². The maximum absolute atomic E-state index is 5.55. The van der Waals surface area contributed by atoms with E-state index in [0.717, 1.165) is 43.5 Å². The Kier molecular flexibility index (Phi) is 12.8. The molecular weight excluding hydrogens is 405 g/mol. The van der Waals surface area contributed by atoms with Crippen LogP contribution in [-0.2, 0) is 11.3 Å². The number of nitrogens with zero attached hydrogens (tertiary/aromatic N) is 1. The second-order valence-electron chi connectivity index (χ2n) is 5.49. The standard InChI is InChI=1S/C17H29N3O2.HI/c1-14(2)13-22-11-7-10-19-17(18-3)20-12-15-8-5-6-9-16(15)21-4;/h5-6,8-9,14H,7,10-13H2,1-4H3,(H2,18,19,20);1H. The average Bonchev–Trinajstić information content (AvgIpc) is 2.53. The number of rotatable bonds is 9. The van der Waals surface area contributed by atoms with Crippen LogP contribution in [0.4, 0.5) is 0 Å². The Morgan fingerprint density at radius 3 is 2.61 bits per heavy atom. The molecule has 0 amide bonds. The predicted molar refractivity (Wildman–Crippen MR) is 107 cm³/mol. The van der Waals surface area contributed by atoms with Gasteiger partial charge in [-0.3, -0.25) is 4.99 Å². The zero-order chi connectivity index (χ0) is 16.2. The lowest BCUT2D eigenvalue weighted by Crippen LogP contribution is -2.37. The fourth-order valence-corrected chi connectivity index (χ4v) is 1.95. The number of para-hydroxylation sites is 1. The maximum Gasteiger partial charge on any atom is 0.191 e. The monoisotopic (exact) mass is 435 g/mol. The fraction of sp³-hybridized carbons (Fsp3) is 0.588. The minimum atomic E-state index is 0. The Morgan fingerprint density at radius 1 is 1.22 bits per heavy atom. The molecule has 0 aliphatic rings. The molecule has 5 nitrogen and oxygen atoms in total.